The predicted molar refractivity (Wildman–Crippen MR) is 81.4 cm³/mol. The molecular formula is C14H22ClN3O. The van der Waals surface area contributed by atoms with Crippen molar-refractivity contribution in [3.63, 3.8) is 0 Å². The topological polar surface area (TPSA) is 58.4 Å². The maximum atomic E-state index is 11.8. The third-order valence-electron chi connectivity index (χ3n) is 2.78. The Balaban J connectivity index is 2.44. The van der Waals surface area contributed by atoms with Crippen LogP contribution in [-0.4, -0.2) is 30.9 Å². The largest absolute Gasteiger partial charge is 0.397 e. The number of hydrogen-bond acceptors (Lipinski definition) is 3. The molecule has 1 aromatic carbocycles. The fourth-order valence-corrected chi connectivity index (χ4v) is 1.74. The Morgan fingerprint density at radius 1 is 1.47 bits per heavy atom. The fraction of sp³-hybridized carbons (Fsp3) is 0.500. The summed E-state index contributed by atoms with van der Waals surface area (Å²) in [7, 11) is 1.94. The molecule has 0 unspecified atom stereocenters. The van der Waals surface area contributed by atoms with Crippen LogP contribution in [0.4, 0.5) is 11.4 Å². The maximum absolute atomic E-state index is 11.8. The van der Waals surface area contributed by atoms with Gasteiger partial charge in [0.05, 0.1) is 17.3 Å². The summed E-state index contributed by atoms with van der Waals surface area (Å²) in [5, 5.41) is 3.30. The molecule has 0 aromatic heterocycles. The van der Waals surface area contributed by atoms with Crippen LogP contribution < -0.4 is 11.1 Å². The second-order valence-electron chi connectivity index (χ2n) is 5.20. The molecule has 3 N–H and O–H groups in total. The van der Waals surface area contributed by atoms with Crippen LogP contribution in [0, 0.1) is 5.92 Å². The molecule has 0 saturated heterocycles. The van der Waals surface area contributed by atoms with Crippen LogP contribution in [0.25, 0.3) is 0 Å². The van der Waals surface area contributed by atoms with Crippen molar-refractivity contribution in [2.24, 2.45) is 5.92 Å². The Morgan fingerprint density at radius 3 is 2.74 bits per heavy atom. The smallest absolute Gasteiger partial charge is 0.238 e. The fourth-order valence-electron chi connectivity index (χ4n) is 1.62. The first kappa shape index (κ1) is 15.8. The van der Waals surface area contributed by atoms with Gasteiger partial charge in [0.15, 0.2) is 0 Å². The molecule has 5 heteroatoms. The highest BCUT2D eigenvalue weighted by Crippen LogP contribution is 2.22. The molecule has 0 fully saturated rings. The molecule has 1 aromatic rings. The lowest BCUT2D eigenvalue weighted by atomic mass is 10.1. The summed E-state index contributed by atoms with van der Waals surface area (Å²) < 4.78 is 0. The van der Waals surface area contributed by atoms with Gasteiger partial charge >= 0.3 is 0 Å². The lowest BCUT2D eigenvalue weighted by molar-refractivity contribution is -0.117. The van der Waals surface area contributed by atoms with Gasteiger partial charge in [-0.3, -0.25) is 9.69 Å². The van der Waals surface area contributed by atoms with Crippen LogP contribution in [0.1, 0.15) is 20.3 Å². The molecule has 0 radical (unpaired) electrons. The number of anilines is 2. The van der Waals surface area contributed by atoms with Gasteiger partial charge in [-0.1, -0.05) is 25.4 Å². The van der Waals surface area contributed by atoms with E-state index in [2.05, 4.69) is 19.2 Å². The molecule has 0 aliphatic heterocycles. The number of nitrogen functional groups attached to an aromatic ring is 1. The SMILES string of the molecule is CC(C)CCN(C)CC(=O)Nc1ccc(Cl)c(N)c1. The molecule has 1 amide bonds. The van der Waals surface area contributed by atoms with E-state index in [1.165, 1.54) is 0 Å². The summed E-state index contributed by atoms with van der Waals surface area (Å²) in [5.74, 6) is 0.592. The maximum Gasteiger partial charge on any atom is 0.238 e. The van der Waals surface area contributed by atoms with Gasteiger partial charge in [0, 0.05) is 5.69 Å². The number of likely N-dealkylation sites (N-methyl/N-ethyl adjacent to an activating group) is 1. The van der Waals surface area contributed by atoms with Gasteiger partial charge < -0.3 is 11.1 Å². The van der Waals surface area contributed by atoms with Crippen LogP contribution in [0.15, 0.2) is 18.2 Å². The molecule has 0 saturated carbocycles. The number of carbonyl (C=O) groups is 1. The van der Waals surface area contributed by atoms with Crippen molar-refractivity contribution in [2.45, 2.75) is 20.3 Å². The summed E-state index contributed by atoms with van der Waals surface area (Å²) in [6, 6.07) is 5.08. The molecule has 0 heterocycles. The first-order valence-corrected chi connectivity index (χ1v) is 6.79. The monoisotopic (exact) mass is 283 g/mol. The summed E-state index contributed by atoms with van der Waals surface area (Å²) >= 11 is 5.83. The predicted octanol–water partition coefficient (Wildman–Crippen LogP) is 2.84. The zero-order valence-corrected chi connectivity index (χ0v) is 12.5. The Bertz CT molecular complexity index is 435. The number of hydrogen-bond donors (Lipinski definition) is 2. The first-order chi connectivity index (χ1) is 8.88. The van der Waals surface area contributed by atoms with Crippen LogP contribution in [0.3, 0.4) is 0 Å². The number of rotatable bonds is 6. The number of carbonyl (C=O) groups excluding carboxylic acids is 1. The minimum Gasteiger partial charge on any atom is -0.397 e. The summed E-state index contributed by atoms with van der Waals surface area (Å²) in [6.45, 7) is 5.62. The van der Waals surface area contributed by atoms with Gasteiger partial charge in [-0.05, 0) is 44.1 Å². The van der Waals surface area contributed by atoms with Crippen molar-refractivity contribution < 1.29 is 4.79 Å². The number of nitrogens with zero attached hydrogens (tertiary/aromatic N) is 1. The number of nitrogens with one attached hydrogen (secondary N) is 1. The van der Waals surface area contributed by atoms with E-state index in [0.29, 0.717) is 28.9 Å². The van der Waals surface area contributed by atoms with E-state index in [4.69, 9.17) is 17.3 Å². The van der Waals surface area contributed by atoms with Crippen LogP contribution in [-0.2, 0) is 4.79 Å². The third kappa shape index (κ3) is 5.94. The Hall–Kier alpha value is -1.26. The van der Waals surface area contributed by atoms with Gasteiger partial charge in [0.1, 0.15) is 0 Å². The van der Waals surface area contributed by atoms with Crippen LogP contribution in [0.5, 0.6) is 0 Å². The van der Waals surface area contributed by atoms with E-state index in [1.807, 2.05) is 11.9 Å². The number of amides is 1. The minimum atomic E-state index is -0.0482. The molecule has 0 aliphatic rings. The van der Waals surface area contributed by atoms with E-state index in [0.717, 1.165) is 13.0 Å². The zero-order valence-electron chi connectivity index (χ0n) is 11.7. The molecular weight excluding hydrogens is 262 g/mol. The quantitative estimate of drug-likeness (QED) is 0.789. The first-order valence-electron chi connectivity index (χ1n) is 6.42. The van der Waals surface area contributed by atoms with Crippen molar-refractivity contribution in [1.29, 1.82) is 0 Å². The number of benzene rings is 1. The number of nitrogens with two attached hydrogens (primary N) is 1. The molecule has 1 rings (SSSR count). The zero-order chi connectivity index (χ0) is 14.4. The summed E-state index contributed by atoms with van der Waals surface area (Å²) in [5.41, 5.74) is 6.82. The van der Waals surface area contributed by atoms with Crippen LogP contribution in [0.2, 0.25) is 5.02 Å². The molecule has 0 bridgehead atoms. The van der Waals surface area contributed by atoms with Crippen LogP contribution >= 0.6 is 11.6 Å². The van der Waals surface area contributed by atoms with Gasteiger partial charge in [0.25, 0.3) is 0 Å². The Kier molecular flexibility index (Phi) is 6.12. The average Bonchev–Trinajstić information content (AvgIpc) is 2.31. The highest BCUT2D eigenvalue weighted by Gasteiger charge is 2.08. The van der Waals surface area contributed by atoms with Gasteiger partial charge in [-0.25, -0.2) is 0 Å². The molecule has 0 atom stereocenters. The van der Waals surface area contributed by atoms with Crippen molar-refractivity contribution in [3.05, 3.63) is 23.2 Å². The van der Waals surface area contributed by atoms with E-state index in [-0.39, 0.29) is 5.91 Å². The second kappa shape index (κ2) is 7.36. The Morgan fingerprint density at radius 2 is 2.16 bits per heavy atom. The van der Waals surface area contributed by atoms with Crippen molar-refractivity contribution in [1.82, 2.24) is 4.90 Å². The number of halogens is 1. The van der Waals surface area contributed by atoms with Gasteiger partial charge in [-0.2, -0.15) is 0 Å². The summed E-state index contributed by atoms with van der Waals surface area (Å²) in [6.07, 6.45) is 1.08. The average molecular weight is 284 g/mol. The van der Waals surface area contributed by atoms with E-state index >= 15 is 0 Å². The van der Waals surface area contributed by atoms with Gasteiger partial charge in [0.2, 0.25) is 5.91 Å². The standard InChI is InChI=1S/C14H22ClN3O/c1-10(2)6-7-18(3)9-14(19)17-11-4-5-12(15)13(16)8-11/h4-5,8,10H,6-7,9,16H2,1-3H3,(H,17,19). The van der Waals surface area contributed by atoms with Crippen molar-refractivity contribution >= 4 is 28.9 Å². The van der Waals surface area contributed by atoms with E-state index in [9.17, 15) is 4.79 Å². The van der Waals surface area contributed by atoms with Crippen molar-refractivity contribution in [3.8, 4) is 0 Å². The van der Waals surface area contributed by atoms with E-state index < -0.39 is 0 Å². The normalized spacial score (nSPS) is 11.1. The summed E-state index contributed by atoms with van der Waals surface area (Å²) in [4.78, 5) is 13.8. The lowest BCUT2D eigenvalue weighted by Crippen LogP contribution is -2.31. The molecule has 4 nitrogen and oxygen atoms in total. The van der Waals surface area contributed by atoms with Crippen molar-refractivity contribution in [2.75, 3.05) is 31.2 Å². The second-order valence-corrected chi connectivity index (χ2v) is 5.61. The molecule has 0 spiro atoms. The highest BCUT2D eigenvalue weighted by atomic mass is 35.5. The molecule has 0 aliphatic carbocycles. The molecule has 106 valence electrons. The Labute approximate surface area is 119 Å². The third-order valence-corrected chi connectivity index (χ3v) is 3.13. The molecule has 19 heavy (non-hydrogen) atoms. The highest BCUT2D eigenvalue weighted by molar-refractivity contribution is 6.33. The minimum absolute atomic E-state index is 0.0482. The lowest BCUT2D eigenvalue weighted by Gasteiger charge is -2.17. The van der Waals surface area contributed by atoms with E-state index in [1.54, 1.807) is 18.2 Å². The van der Waals surface area contributed by atoms with Gasteiger partial charge in [-0.15, -0.1) is 0 Å².